The van der Waals surface area contributed by atoms with Gasteiger partial charge in [-0.1, -0.05) is 45.0 Å². The average molecular weight is 324 g/mol. The Hall–Kier alpha value is -2.54. The van der Waals surface area contributed by atoms with E-state index in [4.69, 9.17) is 6.57 Å². The molecule has 0 radical (unpaired) electrons. The summed E-state index contributed by atoms with van der Waals surface area (Å²) >= 11 is 0. The fourth-order valence-electron chi connectivity index (χ4n) is 3.06. The van der Waals surface area contributed by atoms with E-state index < -0.39 is 5.97 Å². The van der Waals surface area contributed by atoms with Gasteiger partial charge in [-0.3, -0.25) is 0 Å². The molecule has 24 heavy (non-hydrogen) atoms. The van der Waals surface area contributed by atoms with Crippen molar-refractivity contribution in [2.24, 2.45) is 13.0 Å². The zero-order valence-corrected chi connectivity index (χ0v) is 14.8. The average Bonchev–Trinajstić information content (AvgIpc) is 2.85. The van der Waals surface area contributed by atoms with Crippen molar-refractivity contribution in [3.8, 4) is 11.1 Å². The summed E-state index contributed by atoms with van der Waals surface area (Å²) < 4.78 is 1.64. The number of nitrogens with zero attached hydrogens (tertiary/aromatic N) is 2. The van der Waals surface area contributed by atoms with Crippen LogP contribution in [0.5, 0.6) is 0 Å². The molecule has 2 rings (SSSR count). The van der Waals surface area contributed by atoms with Crippen LogP contribution in [0.25, 0.3) is 16.0 Å². The smallest absolute Gasteiger partial charge is 0.351 e. The van der Waals surface area contributed by atoms with Gasteiger partial charge in [0.15, 0.2) is 0 Å². The van der Waals surface area contributed by atoms with Crippen LogP contribution in [-0.4, -0.2) is 15.6 Å². The minimum atomic E-state index is -0.999. The Bertz CT molecular complexity index is 777. The maximum Gasteiger partial charge on any atom is 0.351 e. The third kappa shape index (κ3) is 3.35. The van der Waals surface area contributed by atoms with Gasteiger partial charge in [0.1, 0.15) is 5.69 Å². The maximum atomic E-state index is 11.7. The van der Waals surface area contributed by atoms with Crippen molar-refractivity contribution in [1.82, 2.24) is 4.57 Å². The third-order valence-corrected chi connectivity index (χ3v) is 4.39. The Balaban J connectivity index is 2.52. The second-order valence-corrected chi connectivity index (χ2v) is 6.48. The lowest BCUT2D eigenvalue weighted by atomic mass is 9.98. The van der Waals surface area contributed by atoms with Gasteiger partial charge >= 0.3 is 5.97 Å². The lowest BCUT2D eigenvalue weighted by molar-refractivity contribution is 0.0687. The molecule has 0 saturated carbocycles. The number of rotatable bonds is 6. The van der Waals surface area contributed by atoms with Crippen LogP contribution in [0.4, 0.5) is 5.69 Å². The van der Waals surface area contributed by atoms with E-state index in [2.05, 4.69) is 18.7 Å². The quantitative estimate of drug-likeness (QED) is 0.752. The summed E-state index contributed by atoms with van der Waals surface area (Å²) in [6, 6.07) is 7.95. The second-order valence-electron chi connectivity index (χ2n) is 6.48. The molecule has 0 spiro atoms. The first-order chi connectivity index (χ1) is 11.4. The van der Waals surface area contributed by atoms with Crippen LogP contribution in [0, 0.1) is 12.5 Å². The van der Waals surface area contributed by atoms with Gasteiger partial charge in [-0.2, -0.15) is 0 Å². The van der Waals surface area contributed by atoms with E-state index in [1.807, 2.05) is 31.2 Å². The van der Waals surface area contributed by atoms with Gasteiger partial charge in [-0.15, -0.1) is 0 Å². The number of benzene rings is 1. The van der Waals surface area contributed by atoms with Gasteiger partial charge < -0.3 is 9.67 Å². The minimum absolute atomic E-state index is 0.188. The summed E-state index contributed by atoms with van der Waals surface area (Å²) in [5.41, 5.74) is 3.97. The first-order valence-corrected chi connectivity index (χ1v) is 8.32. The molecule has 0 aliphatic carbocycles. The van der Waals surface area contributed by atoms with E-state index in [-0.39, 0.29) is 5.69 Å². The third-order valence-electron chi connectivity index (χ3n) is 4.39. The number of aryl methyl sites for hydroxylation is 1. The summed E-state index contributed by atoms with van der Waals surface area (Å²) in [7, 11) is 1.72. The molecule has 4 heteroatoms. The Morgan fingerprint density at radius 1 is 1.29 bits per heavy atom. The number of aromatic carboxylic acids is 1. The van der Waals surface area contributed by atoms with Crippen LogP contribution >= 0.6 is 0 Å². The van der Waals surface area contributed by atoms with Crippen molar-refractivity contribution in [2.45, 2.75) is 40.0 Å². The van der Waals surface area contributed by atoms with Gasteiger partial charge in [0, 0.05) is 18.3 Å². The highest BCUT2D eigenvalue weighted by Crippen LogP contribution is 2.39. The van der Waals surface area contributed by atoms with E-state index in [1.165, 1.54) is 5.56 Å². The molecule has 0 saturated heterocycles. The van der Waals surface area contributed by atoms with Gasteiger partial charge in [0.05, 0.1) is 6.57 Å². The molecule has 0 aliphatic heterocycles. The lowest BCUT2D eigenvalue weighted by Crippen LogP contribution is -2.07. The Labute approximate surface area is 143 Å². The summed E-state index contributed by atoms with van der Waals surface area (Å²) in [4.78, 5) is 15.4. The first kappa shape index (κ1) is 17.8. The van der Waals surface area contributed by atoms with Crippen LogP contribution in [0.15, 0.2) is 24.3 Å². The number of carboxylic acid groups (broad SMARTS) is 1. The number of hydrogen-bond acceptors (Lipinski definition) is 1. The molecule has 0 atom stereocenters. The molecule has 0 amide bonds. The zero-order chi connectivity index (χ0) is 17.9. The molecule has 0 fully saturated rings. The first-order valence-electron chi connectivity index (χ1n) is 8.32. The Morgan fingerprint density at radius 3 is 2.38 bits per heavy atom. The van der Waals surface area contributed by atoms with E-state index >= 15 is 0 Å². The van der Waals surface area contributed by atoms with Crippen LogP contribution in [0.1, 0.15) is 48.9 Å². The van der Waals surface area contributed by atoms with Crippen molar-refractivity contribution in [3.63, 3.8) is 0 Å². The normalized spacial score (nSPS) is 10.8. The fourth-order valence-corrected chi connectivity index (χ4v) is 3.06. The second kappa shape index (κ2) is 7.35. The zero-order valence-electron chi connectivity index (χ0n) is 14.8. The highest BCUT2D eigenvalue weighted by Gasteiger charge is 2.25. The van der Waals surface area contributed by atoms with E-state index in [9.17, 15) is 9.90 Å². The molecule has 0 aliphatic rings. The molecule has 0 bridgehead atoms. The molecule has 1 N–H and O–H groups in total. The molecule has 2 aromatic rings. The van der Waals surface area contributed by atoms with Gasteiger partial charge in [0.25, 0.3) is 0 Å². The van der Waals surface area contributed by atoms with E-state index in [1.54, 1.807) is 11.6 Å². The summed E-state index contributed by atoms with van der Waals surface area (Å²) in [6.07, 6.45) is 2.76. The van der Waals surface area contributed by atoms with Gasteiger partial charge in [-0.25, -0.2) is 9.64 Å². The topological polar surface area (TPSA) is 46.6 Å². The highest BCUT2D eigenvalue weighted by atomic mass is 16.4. The number of hydrogen-bond donors (Lipinski definition) is 1. The predicted molar refractivity (Wildman–Crippen MR) is 96.6 cm³/mol. The van der Waals surface area contributed by atoms with Crippen molar-refractivity contribution in [3.05, 3.63) is 52.6 Å². The van der Waals surface area contributed by atoms with Gasteiger partial charge in [-0.05, 0) is 36.3 Å². The van der Waals surface area contributed by atoms with E-state index in [0.717, 1.165) is 24.1 Å². The minimum Gasteiger partial charge on any atom is -0.477 e. The van der Waals surface area contributed by atoms with E-state index in [0.29, 0.717) is 23.6 Å². The van der Waals surface area contributed by atoms with Crippen molar-refractivity contribution in [1.29, 1.82) is 0 Å². The molecular weight excluding hydrogens is 300 g/mol. The number of carbonyl (C=O) groups is 1. The Morgan fingerprint density at radius 2 is 1.92 bits per heavy atom. The van der Waals surface area contributed by atoms with Crippen molar-refractivity contribution >= 4 is 11.7 Å². The molecule has 4 nitrogen and oxygen atoms in total. The number of carboxylic acids is 1. The summed E-state index contributed by atoms with van der Waals surface area (Å²) in [6.45, 7) is 13.8. The molecule has 126 valence electrons. The largest absolute Gasteiger partial charge is 0.477 e. The fraction of sp³-hybridized carbons (Fsp3) is 0.400. The molecule has 0 unspecified atom stereocenters. The molecular formula is C20H24N2O2. The van der Waals surface area contributed by atoms with Gasteiger partial charge in [0.2, 0.25) is 5.69 Å². The van der Waals surface area contributed by atoms with Crippen LogP contribution in [0.2, 0.25) is 0 Å². The SMILES string of the molecule is [C-]#[N+]c1c(-c2ccc(CCC(C)C)cc2)c(C(=O)O)n(C)c1CC. The maximum absolute atomic E-state index is 11.7. The predicted octanol–water partition coefficient (Wildman–Crippen LogP) is 5.09. The van der Waals surface area contributed by atoms with Crippen molar-refractivity contribution < 1.29 is 9.90 Å². The summed E-state index contributed by atoms with van der Waals surface area (Å²) in [5, 5.41) is 9.61. The molecule has 1 aromatic heterocycles. The summed E-state index contributed by atoms with van der Waals surface area (Å²) in [5.74, 6) is -0.348. The highest BCUT2D eigenvalue weighted by molar-refractivity contribution is 6.00. The Kier molecular flexibility index (Phi) is 5.46. The van der Waals surface area contributed by atoms with Crippen molar-refractivity contribution in [2.75, 3.05) is 0 Å². The monoisotopic (exact) mass is 324 g/mol. The van der Waals surface area contributed by atoms with Crippen LogP contribution in [-0.2, 0) is 19.9 Å². The standard InChI is InChI=1S/C20H24N2O2/c1-6-16-18(21-4)17(19(20(23)24)22(16)5)15-11-9-14(10-12-15)8-7-13(2)3/h9-13H,6-8H2,1-3,5H3,(H,23,24). The van der Waals surface area contributed by atoms with Crippen LogP contribution in [0.3, 0.4) is 0 Å². The number of aromatic nitrogens is 1. The molecule has 1 heterocycles. The lowest BCUT2D eigenvalue weighted by Gasteiger charge is -2.08. The van der Waals surface area contributed by atoms with Crippen LogP contribution < -0.4 is 0 Å². The molecule has 1 aromatic carbocycles.